The smallest absolute Gasteiger partial charge is 0.322 e. The maximum absolute atomic E-state index is 11.1. The number of carbonyl (C=O) groups is 1. The first-order valence-corrected chi connectivity index (χ1v) is 6.10. The summed E-state index contributed by atoms with van der Waals surface area (Å²) in [5, 5.41) is 12.4. The molecule has 0 saturated carbocycles. The minimum atomic E-state index is -0.782. The standard InChI is InChI=1S/C12H15NO2S/c1-12(2)9(11(14)15)13-10(16-12)8-6-4-3-5-7-8/h3-7,9-10,13H,1-2H3,(H,14,15)/t9-,10+/m1/s1. The molecule has 4 heteroatoms. The quantitative estimate of drug-likeness (QED) is 0.828. The molecular formula is C12H15NO2S. The molecule has 2 N–H and O–H groups in total. The van der Waals surface area contributed by atoms with Gasteiger partial charge in [-0.2, -0.15) is 0 Å². The Hall–Kier alpha value is -1.00. The van der Waals surface area contributed by atoms with E-state index in [2.05, 4.69) is 5.32 Å². The van der Waals surface area contributed by atoms with E-state index in [9.17, 15) is 4.79 Å². The third-order valence-corrected chi connectivity index (χ3v) is 4.27. The Morgan fingerprint density at radius 3 is 2.50 bits per heavy atom. The molecule has 2 rings (SSSR count). The van der Waals surface area contributed by atoms with Gasteiger partial charge in [-0.15, -0.1) is 11.8 Å². The van der Waals surface area contributed by atoms with Crippen molar-refractivity contribution in [3.8, 4) is 0 Å². The minimum absolute atomic E-state index is 0.0669. The maximum atomic E-state index is 11.1. The van der Waals surface area contributed by atoms with Gasteiger partial charge in [-0.1, -0.05) is 30.3 Å². The number of thioether (sulfide) groups is 1. The molecule has 0 radical (unpaired) electrons. The molecule has 16 heavy (non-hydrogen) atoms. The van der Waals surface area contributed by atoms with E-state index in [0.717, 1.165) is 5.56 Å². The second-order valence-corrected chi connectivity index (χ2v) is 6.21. The molecule has 0 aromatic heterocycles. The Balaban J connectivity index is 2.21. The molecule has 0 bridgehead atoms. The molecule has 1 saturated heterocycles. The average Bonchev–Trinajstić information content (AvgIpc) is 2.56. The van der Waals surface area contributed by atoms with E-state index in [-0.39, 0.29) is 10.1 Å². The highest BCUT2D eigenvalue weighted by Crippen LogP contribution is 2.45. The average molecular weight is 237 g/mol. The van der Waals surface area contributed by atoms with Crippen LogP contribution in [0.2, 0.25) is 0 Å². The third-order valence-electron chi connectivity index (χ3n) is 2.78. The molecule has 1 aliphatic heterocycles. The monoisotopic (exact) mass is 237 g/mol. The first kappa shape index (κ1) is 11.5. The van der Waals surface area contributed by atoms with Gasteiger partial charge in [-0.05, 0) is 19.4 Å². The Morgan fingerprint density at radius 2 is 2.00 bits per heavy atom. The number of benzene rings is 1. The number of rotatable bonds is 2. The van der Waals surface area contributed by atoms with Crippen molar-refractivity contribution in [3.63, 3.8) is 0 Å². The van der Waals surface area contributed by atoms with Crippen LogP contribution in [0.4, 0.5) is 0 Å². The predicted octanol–water partition coefficient (Wildman–Crippen LogP) is 2.25. The van der Waals surface area contributed by atoms with Crippen LogP contribution in [0.1, 0.15) is 24.8 Å². The summed E-state index contributed by atoms with van der Waals surface area (Å²) in [6.07, 6.45) is 0. The van der Waals surface area contributed by atoms with Crippen LogP contribution in [0.3, 0.4) is 0 Å². The zero-order valence-corrected chi connectivity index (χ0v) is 10.1. The molecule has 2 atom stereocenters. The van der Waals surface area contributed by atoms with Crippen molar-refractivity contribution in [2.45, 2.75) is 30.0 Å². The van der Waals surface area contributed by atoms with Gasteiger partial charge in [0, 0.05) is 4.75 Å². The molecule has 1 heterocycles. The van der Waals surface area contributed by atoms with E-state index in [4.69, 9.17) is 5.11 Å². The lowest BCUT2D eigenvalue weighted by atomic mass is 10.0. The van der Waals surface area contributed by atoms with E-state index in [1.54, 1.807) is 11.8 Å². The van der Waals surface area contributed by atoms with Crippen LogP contribution in [-0.4, -0.2) is 21.9 Å². The Morgan fingerprint density at radius 1 is 1.38 bits per heavy atom. The van der Waals surface area contributed by atoms with E-state index >= 15 is 0 Å². The lowest BCUT2D eigenvalue weighted by Crippen LogP contribution is -2.43. The molecule has 1 fully saturated rings. The number of hydrogen-bond acceptors (Lipinski definition) is 3. The fraction of sp³-hybridized carbons (Fsp3) is 0.417. The molecule has 0 amide bonds. The van der Waals surface area contributed by atoms with Crippen molar-refractivity contribution in [2.75, 3.05) is 0 Å². The van der Waals surface area contributed by atoms with Crippen LogP contribution >= 0.6 is 11.8 Å². The lowest BCUT2D eigenvalue weighted by molar-refractivity contribution is -0.139. The molecule has 1 aromatic carbocycles. The fourth-order valence-corrected chi connectivity index (χ4v) is 3.33. The number of hydrogen-bond donors (Lipinski definition) is 2. The highest BCUT2D eigenvalue weighted by molar-refractivity contribution is 8.01. The molecule has 86 valence electrons. The van der Waals surface area contributed by atoms with E-state index in [1.807, 2.05) is 44.2 Å². The summed E-state index contributed by atoms with van der Waals surface area (Å²) in [7, 11) is 0. The van der Waals surface area contributed by atoms with Gasteiger partial charge in [-0.3, -0.25) is 10.1 Å². The summed E-state index contributed by atoms with van der Waals surface area (Å²) in [4.78, 5) is 11.1. The van der Waals surface area contributed by atoms with Gasteiger partial charge in [-0.25, -0.2) is 0 Å². The second kappa shape index (κ2) is 4.11. The van der Waals surface area contributed by atoms with Crippen LogP contribution in [0.15, 0.2) is 30.3 Å². The first-order chi connectivity index (χ1) is 7.50. The first-order valence-electron chi connectivity index (χ1n) is 5.22. The molecule has 3 nitrogen and oxygen atoms in total. The van der Waals surface area contributed by atoms with E-state index < -0.39 is 12.0 Å². The van der Waals surface area contributed by atoms with E-state index in [1.165, 1.54) is 0 Å². The highest BCUT2D eigenvalue weighted by Gasteiger charge is 2.45. The SMILES string of the molecule is CC1(C)S[C@@H](c2ccccc2)N[C@@H]1C(=O)O. The second-order valence-electron chi connectivity index (χ2n) is 4.45. The molecular weight excluding hydrogens is 222 g/mol. The zero-order valence-electron chi connectivity index (χ0n) is 9.31. The maximum Gasteiger partial charge on any atom is 0.322 e. The summed E-state index contributed by atoms with van der Waals surface area (Å²) in [6, 6.07) is 9.44. The number of aliphatic carboxylic acids is 1. The predicted molar refractivity (Wildman–Crippen MR) is 65.4 cm³/mol. The van der Waals surface area contributed by atoms with Gasteiger partial charge in [0.25, 0.3) is 0 Å². The van der Waals surface area contributed by atoms with Crippen LogP contribution in [0, 0.1) is 0 Å². The highest BCUT2D eigenvalue weighted by atomic mass is 32.2. The molecule has 0 unspecified atom stereocenters. The van der Waals surface area contributed by atoms with Crippen LogP contribution in [0.5, 0.6) is 0 Å². The minimum Gasteiger partial charge on any atom is -0.480 e. The molecule has 0 aliphatic carbocycles. The van der Waals surface area contributed by atoms with Crippen molar-refractivity contribution in [1.29, 1.82) is 0 Å². The molecule has 0 spiro atoms. The Bertz CT molecular complexity index is 391. The van der Waals surface area contributed by atoms with Crippen LogP contribution in [-0.2, 0) is 4.79 Å². The summed E-state index contributed by atoms with van der Waals surface area (Å²) < 4.78 is -0.285. The summed E-state index contributed by atoms with van der Waals surface area (Å²) in [5.41, 5.74) is 1.13. The van der Waals surface area contributed by atoms with Gasteiger partial charge >= 0.3 is 5.97 Å². The van der Waals surface area contributed by atoms with Crippen molar-refractivity contribution in [1.82, 2.24) is 5.32 Å². The molecule has 1 aromatic rings. The molecule has 1 aliphatic rings. The van der Waals surface area contributed by atoms with Crippen molar-refractivity contribution in [3.05, 3.63) is 35.9 Å². The van der Waals surface area contributed by atoms with Gasteiger partial charge in [0.1, 0.15) is 6.04 Å². The van der Waals surface area contributed by atoms with Gasteiger partial charge in [0.05, 0.1) is 5.37 Å². The summed E-state index contributed by atoms with van der Waals surface area (Å²) >= 11 is 1.67. The van der Waals surface area contributed by atoms with Crippen LogP contribution in [0.25, 0.3) is 0 Å². The fourth-order valence-electron chi connectivity index (χ4n) is 1.92. The largest absolute Gasteiger partial charge is 0.480 e. The topological polar surface area (TPSA) is 49.3 Å². The van der Waals surface area contributed by atoms with Crippen molar-refractivity contribution >= 4 is 17.7 Å². The van der Waals surface area contributed by atoms with Crippen molar-refractivity contribution in [2.24, 2.45) is 0 Å². The number of nitrogens with one attached hydrogen (secondary N) is 1. The van der Waals surface area contributed by atoms with Gasteiger partial charge in [0.2, 0.25) is 0 Å². The third kappa shape index (κ3) is 2.08. The summed E-state index contributed by atoms with van der Waals surface area (Å²) in [6.45, 7) is 3.93. The number of carboxylic acid groups (broad SMARTS) is 1. The Kier molecular flexibility index (Phi) is 2.95. The normalized spacial score (nSPS) is 27.9. The van der Waals surface area contributed by atoms with Gasteiger partial charge in [0.15, 0.2) is 0 Å². The zero-order chi connectivity index (χ0) is 11.8. The van der Waals surface area contributed by atoms with E-state index in [0.29, 0.717) is 0 Å². The van der Waals surface area contributed by atoms with Crippen molar-refractivity contribution < 1.29 is 9.90 Å². The number of carboxylic acids is 1. The van der Waals surface area contributed by atoms with Gasteiger partial charge < -0.3 is 5.11 Å². The lowest BCUT2D eigenvalue weighted by Gasteiger charge is -2.20. The Labute approximate surface area is 99.2 Å². The van der Waals surface area contributed by atoms with Crippen LogP contribution < -0.4 is 5.32 Å². The summed E-state index contributed by atoms with van der Waals surface area (Å²) in [5.74, 6) is -0.782.